The van der Waals surface area contributed by atoms with Crippen LogP contribution in [0, 0.1) is 11.3 Å². The van der Waals surface area contributed by atoms with E-state index in [1.165, 1.54) is 0 Å². The second-order valence-corrected chi connectivity index (χ2v) is 5.27. The fraction of sp³-hybridized carbons (Fsp3) is 1.00. The molecule has 0 saturated heterocycles. The van der Waals surface area contributed by atoms with E-state index in [9.17, 15) is 10.2 Å². The zero-order valence-corrected chi connectivity index (χ0v) is 9.54. The molecule has 0 spiro atoms. The molecule has 0 aliphatic rings. The summed E-state index contributed by atoms with van der Waals surface area (Å²) in [5.41, 5.74) is -0.0727. The Morgan fingerprint density at radius 1 is 1.00 bits per heavy atom. The second-order valence-electron chi connectivity index (χ2n) is 5.27. The molecule has 2 N–H and O–H groups in total. The van der Waals surface area contributed by atoms with Gasteiger partial charge in [0.05, 0.1) is 12.2 Å². The normalized spacial score (nSPS) is 17.5. The molecule has 2 heteroatoms. The van der Waals surface area contributed by atoms with Crippen molar-refractivity contribution in [2.75, 3.05) is 0 Å². The summed E-state index contributed by atoms with van der Waals surface area (Å²) in [6, 6.07) is 0. The Morgan fingerprint density at radius 2 is 1.46 bits per heavy atom. The topological polar surface area (TPSA) is 40.5 Å². The molecule has 0 aromatic carbocycles. The molecule has 0 saturated carbocycles. The van der Waals surface area contributed by atoms with Crippen molar-refractivity contribution in [3.05, 3.63) is 0 Å². The van der Waals surface area contributed by atoms with Gasteiger partial charge in [0.1, 0.15) is 0 Å². The molecule has 2 atom stereocenters. The lowest BCUT2D eigenvalue weighted by molar-refractivity contribution is 0.0312. The zero-order chi connectivity index (χ0) is 10.6. The van der Waals surface area contributed by atoms with Gasteiger partial charge in [-0.15, -0.1) is 0 Å². The lowest BCUT2D eigenvalue weighted by Crippen LogP contribution is -2.28. The van der Waals surface area contributed by atoms with Crippen molar-refractivity contribution < 1.29 is 10.2 Å². The Hall–Kier alpha value is -0.0800. The molecule has 80 valence electrons. The number of hydrogen-bond acceptors (Lipinski definition) is 2. The first-order valence-electron chi connectivity index (χ1n) is 5.11. The van der Waals surface area contributed by atoms with Crippen molar-refractivity contribution in [3.8, 4) is 0 Å². The molecule has 0 aromatic heterocycles. The van der Waals surface area contributed by atoms with Gasteiger partial charge in [0.25, 0.3) is 0 Å². The van der Waals surface area contributed by atoms with Gasteiger partial charge in [-0.1, -0.05) is 34.6 Å². The molecular formula is C11H24O2. The Morgan fingerprint density at radius 3 is 1.77 bits per heavy atom. The van der Waals surface area contributed by atoms with Crippen molar-refractivity contribution in [2.24, 2.45) is 11.3 Å². The molecule has 0 fully saturated rings. The van der Waals surface area contributed by atoms with Crippen molar-refractivity contribution in [1.82, 2.24) is 0 Å². The number of aliphatic hydroxyl groups excluding tert-OH is 2. The minimum atomic E-state index is -0.319. The van der Waals surface area contributed by atoms with Crippen LogP contribution in [-0.2, 0) is 0 Å². The Kier molecular flexibility index (Phi) is 4.93. The maximum atomic E-state index is 9.71. The molecule has 0 rings (SSSR count). The van der Waals surface area contributed by atoms with E-state index in [1.807, 2.05) is 34.6 Å². The molecule has 0 aliphatic heterocycles. The predicted molar refractivity (Wildman–Crippen MR) is 55.5 cm³/mol. The molecule has 0 heterocycles. The van der Waals surface area contributed by atoms with Gasteiger partial charge in [0, 0.05) is 0 Å². The maximum Gasteiger partial charge on any atom is 0.0589 e. The van der Waals surface area contributed by atoms with E-state index in [0.717, 1.165) is 0 Å². The average Bonchev–Trinajstić information content (AvgIpc) is 1.97. The minimum Gasteiger partial charge on any atom is -0.393 e. The summed E-state index contributed by atoms with van der Waals surface area (Å²) in [5, 5.41) is 19.2. The van der Waals surface area contributed by atoms with E-state index in [-0.39, 0.29) is 23.5 Å². The summed E-state index contributed by atoms with van der Waals surface area (Å²) in [6.07, 6.45) is 0.775. The lowest BCUT2D eigenvalue weighted by atomic mass is 9.85. The third-order valence-electron chi connectivity index (χ3n) is 2.51. The molecule has 0 aromatic rings. The highest BCUT2D eigenvalue weighted by molar-refractivity contribution is 4.74. The minimum absolute atomic E-state index is 0.0727. The average molecular weight is 188 g/mol. The van der Waals surface area contributed by atoms with Crippen molar-refractivity contribution in [2.45, 2.75) is 59.7 Å². The van der Waals surface area contributed by atoms with E-state index in [0.29, 0.717) is 12.8 Å². The highest BCUT2D eigenvalue weighted by atomic mass is 16.3. The molecule has 0 bridgehead atoms. The maximum absolute atomic E-state index is 9.71. The van der Waals surface area contributed by atoms with Crippen LogP contribution in [0.4, 0.5) is 0 Å². The van der Waals surface area contributed by atoms with E-state index in [1.54, 1.807) is 0 Å². The van der Waals surface area contributed by atoms with Gasteiger partial charge < -0.3 is 10.2 Å². The molecule has 0 radical (unpaired) electrons. The van der Waals surface area contributed by atoms with Crippen LogP contribution >= 0.6 is 0 Å². The largest absolute Gasteiger partial charge is 0.393 e. The number of rotatable bonds is 4. The zero-order valence-electron chi connectivity index (χ0n) is 9.54. The summed E-state index contributed by atoms with van der Waals surface area (Å²) in [6.45, 7) is 10.0. The van der Waals surface area contributed by atoms with Gasteiger partial charge in [-0.2, -0.15) is 0 Å². The Balaban J connectivity index is 3.77. The Bertz CT molecular complexity index is 136. The van der Waals surface area contributed by atoms with Crippen molar-refractivity contribution >= 4 is 0 Å². The monoisotopic (exact) mass is 188 g/mol. The molecule has 2 nitrogen and oxygen atoms in total. The van der Waals surface area contributed by atoms with Crippen LogP contribution in [0.5, 0.6) is 0 Å². The highest BCUT2D eigenvalue weighted by Crippen LogP contribution is 2.23. The smallest absolute Gasteiger partial charge is 0.0589 e. The molecular weight excluding hydrogens is 164 g/mol. The predicted octanol–water partition coefficient (Wildman–Crippen LogP) is 2.19. The summed E-state index contributed by atoms with van der Waals surface area (Å²) >= 11 is 0. The first-order chi connectivity index (χ1) is 5.75. The first-order valence-corrected chi connectivity index (χ1v) is 5.11. The van der Waals surface area contributed by atoms with E-state index in [2.05, 4.69) is 0 Å². The van der Waals surface area contributed by atoms with Gasteiger partial charge in [-0.05, 0) is 24.2 Å². The first kappa shape index (κ1) is 12.9. The van der Waals surface area contributed by atoms with Gasteiger partial charge in [-0.25, -0.2) is 0 Å². The number of hydrogen-bond donors (Lipinski definition) is 2. The third-order valence-corrected chi connectivity index (χ3v) is 2.51. The van der Waals surface area contributed by atoms with E-state index < -0.39 is 0 Å². The van der Waals surface area contributed by atoms with Gasteiger partial charge in [0.2, 0.25) is 0 Å². The fourth-order valence-corrected chi connectivity index (χ4v) is 1.09. The van der Waals surface area contributed by atoms with Gasteiger partial charge >= 0.3 is 0 Å². The van der Waals surface area contributed by atoms with E-state index >= 15 is 0 Å². The molecule has 0 aliphatic carbocycles. The molecule has 0 unspecified atom stereocenters. The summed E-state index contributed by atoms with van der Waals surface area (Å²) in [7, 11) is 0. The van der Waals surface area contributed by atoms with Crippen LogP contribution in [0.1, 0.15) is 47.5 Å². The second kappa shape index (κ2) is 4.97. The standard InChI is InChI=1S/C11H24O2/c1-8(2)9(12)6-7-10(13)11(3,4)5/h8-10,12-13H,6-7H2,1-5H3/t9-,10+/m0/s1. The van der Waals surface area contributed by atoms with Crippen LogP contribution in [0.3, 0.4) is 0 Å². The van der Waals surface area contributed by atoms with Crippen LogP contribution in [0.25, 0.3) is 0 Å². The van der Waals surface area contributed by atoms with Gasteiger partial charge in [0.15, 0.2) is 0 Å². The number of aliphatic hydroxyl groups is 2. The summed E-state index contributed by atoms with van der Waals surface area (Å²) in [4.78, 5) is 0. The van der Waals surface area contributed by atoms with Crippen LogP contribution in [-0.4, -0.2) is 22.4 Å². The molecule has 0 amide bonds. The Labute approximate surface area is 82.0 Å². The highest BCUT2D eigenvalue weighted by Gasteiger charge is 2.23. The SMILES string of the molecule is CC(C)[C@@H](O)CC[C@@H](O)C(C)(C)C. The van der Waals surface area contributed by atoms with Gasteiger partial charge in [-0.3, -0.25) is 0 Å². The quantitative estimate of drug-likeness (QED) is 0.710. The van der Waals surface area contributed by atoms with Crippen LogP contribution in [0.15, 0.2) is 0 Å². The molecule has 13 heavy (non-hydrogen) atoms. The van der Waals surface area contributed by atoms with Crippen molar-refractivity contribution in [1.29, 1.82) is 0 Å². The van der Waals surface area contributed by atoms with E-state index in [4.69, 9.17) is 0 Å². The van der Waals surface area contributed by atoms with Crippen LogP contribution < -0.4 is 0 Å². The summed E-state index contributed by atoms with van der Waals surface area (Å²) in [5.74, 6) is 0.284. The third kappa shape index (κ3) is 5.27. The lowest BCUT2D eigenvalue weighted by Gasteiger charge is -2.27. The van der Waals surface area contributed by atoms with Crippen molar-refractivity contribution in [3.63, 3.8) is 0 Å². The van der Waals surface area contributed by atoms with Crippen LogP contribution in [0.2, 0.25) is 0 Å². The summed E-state index contributed by atoms with van der Waals surface area (Å²) < 4.78 is 0. The fourth-order valence-electron chi connectivity index (χ4n) is 1.09.